The molecule has 0 aliphatic heterocycles. The lowest BCUT2D eigenvalue weighted by atomic mass is 10.1. The monoisotopic (exact) mass is 341 g/mol. The zero-order valence-electron chi connectivity index (χ0n) is 13.9. The molecule has 0 atom stereocenters. The van der Waals surface area contributed by atoms with Crippen molar-refractivity contribution in [1.29, 1.82) is 0 Å². The van der Waals surface area contributed by atoms with E-state index in [1.165, 1.54) is 10.7 Å². The van der Waals surface area contributed by atoms with E-state index in [4.69, 9.17) is 0 Å². The number of halogens is 2. The van der Waals surface area contributed by atoms with Gasteiger partial charge >= 0.3 is 0 Å². The van der Waals surface area contributed by atoms with E-state index < -0.39 is 11.6 Å². The first-order chi connectivity index (χ1) is 12.0. The maximum atomic E-state index is 13.4. The summed E-state index contributed by atoms with van der Waals surface area (Å²) in [6.45, 7) is 4.26. The zero-order chi connectivity index (χ0) is 18.0. The van der Waals surface area contributed by atoms with Gasteiger partial charge in [0.2, 0.25) is 0 Å². The van der Waals surface area contributed by atoms with Gasteiger partial charge in [-0.05, 0) is 55.8 Å². The van der Waals surface area contributed by atoms with E-state index in [1.807, 2.05) is 32.0 Å². The predicted octanol–water partition coefficient (Wildman–Crippen LogP) is 4.41. The average Bonchev–Trinajstić information content (AvgIpc) is 3.02. The molecule has 25 heavy (non-hydrogen) atoms. The summed E-state index contributed by atoms with van der Waals surface area (Å²) < 4.78 is 28.1. The molecule has 0 aliphatic carbocycles. The lowest BCUT2D eigenvalue weighted by molar-refractivity contribution is 0.101. The van der Waals surface area contributed by atoms with Crippen LogP contribution in [0, 0.1) is 18.6 Å². The third-order valence-electron chi connectivity index (χ3n) is 3.80. The lowest BCUT2D eigenvalue weighted by Crippen LogP contribution is -2.17. The minimum atomic E-state index is -0.950. The smallest absolute Gasteiger partial charge is 0.273 e. The molecule has 1 aromatic heterocycles. The van der Waals surface area contributed by atoms with Gasteiger partial charge in [-0.2, -0.15) is 5.10 Å². The van der Waals surface area contributed by atoms with Gasteiger partial charge in [0, 0.05) is 17.8 Å². The third-order valence-corrected chi connectivity index (χ3v) is 3.80. The Bertz CT molecular complexity index is 934. The largest absolute Gasteiger partial charge is 0.321 e. The van der Waals surface area contributed by atoms with Crippen LogP contribution in [0.15, 0.2) is 48.5 Å². The van der Waals surface area contributed by atoms with Crippen molar-refractivity contribution in [1.82, 2.24) is 9.78 Å². The van der Waals surface area contributed by atoms with Crippen LogP contribution in [0.1, 0.15) is 23.0 Å². The maximum Gasteiger partial charge on any atom is 0.273 e. The molecule has 0 spiro atoms. The molecule has 6 heteroatoms. The number of nitrogens with zero attached hydrogens (tertiary/aromatic N) is 2. The number of benzene rings is 2. The Morgan fingerprint density at radius 1 is 1.12 bits per heavy atom. The van der Waals surface area contributed by atoms with E-state index in [1.54, 1.807) is 12.1 Å². The topological polar surface area (TPSA) is 46.9 Å². The number of aryl methyl sites for hydroxylation is 2. The summed E-state index contributed by atoms with van der Waals surface area (Å²) in [6.07, 6.45) is 0. The van der Waals surface area contributed by atoms with Crippen molar-refractivity contribution in [2.24, 2.45) is 0 Å². The second-order valence-electron chi connectivity index (χ2n) is 5.68. The van der Waals surface area contributed by atoms with Crippen LogP contribution >= 0.6 is 0 Å². The van der Waals surface area contributed by atoms with Gasteiger partial charge in [-0.3, -0.25) is 9.48 Å². The van der Waals surface area contributed by atoms with E-state index in [-0.39, 0.29) is 5.91 Å². The van der Waals surface area contributed by atoms with Crippen molar-refractivity contribution in [3.63, 3.8) is 0 Å². The predicted molar refractivity (Wildman–Crippen MR) is 92.4 cm³/mol. The number of aromatic nitrogens is 2. The molecular formula is C19H17F2N3O. The molecule has 1 heterocycles. The second kappa shape index (κ2) is 6.84. The fraction of sp³-hybridized carbons (Fsp3) is 0.158. The molecule has 2 aromatic carbocycles. The number of nitrogens with one attached hydrogen (secondary N) is 1. The van der Waals surface area contributed by atoms with Gasteiger partial charge in [0.25, 0.3) is 5.91 Å². The molecule has 0 aliphatic rings. The molecule has 0 saturated heterocycles. The Labute approximate surface area is 144 Å². The highest BCUT2D eigenvalue weighted by Crippen LogP contribution is 2.22. The Morgan fingerprint density at radius 3 is 2.60 bits per heavy atom. The average molecular weight is 341 g/mol. The first-order valence-corrected chi connectivity index (χ1v) is 7.89. The number of carbonyl (C=O) groups is 1. The number of carbonyl (C=O) groups excluding carboxylic acids is 1. The van der Waals surface area contributed by atoms with Crippen LogP contribution in [0.4, 0.5) is 14.5 Å². The highest BCUT2D eigenvalue weighted by molar-refractivity contribution is 6.03. The number of rotatable bonds is 4. The zero-order valence-corrected chi connectivity index (χ0v) is 13.9. The van der Waals surface area contributed by atoms with E-state index in [0.717, 1.165) is 17.7 Å². The summed E-state index contributed by atoms with van der Waals surface area (Å²) in [6, 6.07) is 12.6. The summed E-state index contributed by atoms with van der Waals surface area (Å²) in [5.41, 5.74) is 2.89. The van der Waals surface area contributed by atoms with Crippen molar-refractivity contribution in [3.05, 3.63) is 71.4 Å². The van der Waals surface area contributed by atoms with Gasteiger partial charge in [-0.1, -0.05) is 12.1 Å². The van der Waals surface area contributed by atoms with E-state index in [0.29, 0.717) is 29.2 Å². The summed E-state index contributed by atoms with van der Waals surface area (Å²) in [4.78, 5) is 12.6. The third kappa shape index (κ3) is 3.57. The van der Waals surface area contributed by atoms with Crippen LogP contribution in [0.3, 0.4) is 0 Å². The fourth-order valence-corrected chi connectivity index (χ4v) is 2.56. The molecule has 3 rings (SSSR count). The van der Waals surface area contributed by atoms with Gasteiger partial charge in [0.1, 0.15) is 5.69 Å². The van der Waals surface area contributed by atoms with E-state index >= 15 is 0 Å². The maximum absolute atomic E-state index is 13.4. The standard InChI is InChI=1S/C19H17F2N3O/c1-3-24-18(19(25)22-14-6-4-5-12(2)9-14)11-17(23-24)13-7-8-15(20)16(21)10-13/h4-11H,3H2,1-2H3,(H,22,25). The molecule has 3 aromatic rings. The SMILES string of the molecule is CCn1nc(-c2ccc(F)c(F)c2)cc1C(=O)Nc1cccc(C)c1. The first kappa shape index (κ1) is 16.8. The van der Waals surface area contributed by atoms with Gasteiger partial charge in [0.15, 0.2) is 11.6 Å². The summed E-state index contributed by atoms with van der Waals surface area (Å²) in [7, 11) is 0. The number of hydrogen-bond acceptors (Lipinski definition) is 2. The molecule has 0 radical (unpaired) electrons. The summed E-state index contributed by atoms with van der Waals surface area (Å²) in [5, 5.41) is 7.14. The molecule has 128 valence electrons. The molecule has 4 nitrogen and oxygen atoms in total. The van der Waals surface area contributed by atoms with Crippen molar-refractivity contribution < 1.29 is 13.6 Å². The summed E-state index contributed by atoms with van der Waals surface area (Å²) in [5.74, 6) is -2.18. The van der Waals surface area contributed by atoms with Gasteiger partial charge < -0.3 is 5.32 Å². The molecular weight excluding hydrogens is 324 g/mol. The lowest BCUT2D eigenvalue weighted by Gasteiger charge is -2.07. The van der Waals surface area contributed by atoms with E-state index in [2.05, 4.69) is 10.4 Å². The molecule has 1 N–H and O–H groups in total. The molecule has 0 saturated carbocycles. The molecule has 1 amide bonds. The number of amides is 1. The van der Waals surface area contributed by atoms with Crippen molar-refractivity contribution in [2.45, 2.75) is 20.4 Å². The minimum Gasteiger partial charge on any atom is -0.321 e. The number of hydrogen-bond donors (Lipinski definition) is 1. The van der Waals surface area contributed by atoms with Gasteiger partial charge in [0.05, 0.1) is 5.69 Å². The van der Waals surface area contributed by atoms with Crippen LogP contribution in [-0.4, -0.2) is 15.7 Å². The van der Waals surface area contributed by atoms with Crippen molar-refractivity contribution >= 4 is 11.6 Å². The summed E-state index contributed by atoms with van der Waals surface area (Å²) >= 11 is 0. The molecule has 0 unspecified atom stereocenters. The van der Waals surface area contributed by atoms with Crippen LogP contribution in [0.2, 0.25) is 0 Å². The molecule has 0 fully saturated rings. The quantitative estimate of drug-likeness (QED) is 0.764. The Hall–Kier alpha value is -3.02. The normalized spacial score (nSPS) is 10.7. The van der Waals surface area contributed by atoms with Crippen LogP contribution in [0.25, 0.3) is 11.3 Å². The minimum absolute atomic E-state index is 0.311. The fourth-order valence-electron chi connectivity index (χ4n) is 2.56. The van der Waals surface area contributed by atoms with Crippen molar-refractivity contribution in [3.8, 4) is 11.3 Å². The van der Waals surface area contributed by atoms with Crippen molar-refractivity contribution in [2.75, 3.05) is 5.32 Å². The highest BCUT2D eigenvalue weighted by atomic mass is 19.2. The highest BCUT2D eigenvalue weighted by Gasteiger charge is 2.16. The van der Waals surface area contributed by atoms with Crippen LogP contribution < -0.4 is 5.32 Å². The van der Waals surface area contributed by atoms with Gasteiger partial charge in [-0.25, -0.2) is 8.78 Å². The Kier molecular flexibility index (Phi) is 4.61. The van der Waals surface area contributed by atoms with Crippen LogP contribution in [-0.2, 0) is 6.54 Å². The Balaban J connectivity index is 1.92. The Morgan fingerprint density at radius 2 is 1.92 bits per heavy atom. The number of anilines is 1. The second-order valence-corrected chi connectivity index (χ2v) is 5.68. The van der Waals surface area contributed by atoms with Crippen LogP contribution in [0.5, 0.6) is 0 Å². The van der Waals surface area contributed by atoms with E-state index in [9.17, 15) is 13.6 Å². The molecule has 0 bridgehead atoms. The van der Waals surface area contributed by atoms with Gasteiger partial charge in [-0.15, -0.1) is 0 Å². The first-order valence-electron chi connectivity index (χ1n) is 7.89.